The van der Waals surface area contributed by atoms with E-state index in [4.69, 9.17) is 4.74 Å². The van der Waals surface area contributed by atoms with E-state index in [-0.39, 0.29) is 5.91 Å². The van der Waals surface area contributed by atoms with Crippen LogP contribution in [0.25, 0.3) is 0 Å². The molecule has 1 amide bonds. The molecule has 27 heavy (non-hydrogen) atoms. The number of hydrogen-bond donors (Lipinski definition) is 1. The molecule has 0 fully saturated rings. The van der Waals surface area contributed by atoms with Crippen LogP contribution in [0.5, 0.6) is 5.75 Å². The van der Waals surface area contributed by atoms with Gasteiger partial charge in [0.25, 0.3) is 5.91 Å². The molecule has 1 aliphatic rings. The van der Waals surface area contributed by atoms with Gasteiger partial charge in [0.2, 0.25) is 0 Å². The summed E-state index contributed by atoms with van der Waals surface area (Å²) in [6.07, 6.45) is 3.43. The van der Waals surface area contributed by atoms with Gasteiger partial charge >= 0.3 is 0 Å². The number of rotatable bonds is 5. The van der Waals surface area contributed by atoms with Crippen LogP contribution in [-0.4, -0.2) is 5.91 Å². The first-order valence-electron chi connectivity index (χ1n) is 9.39. The highest BCUT2D eigenvalue weighted by Crippen LogP contribution is 2.26. The maximum absolute atomic E-state index is 12.8. The highest BCUT2D eigenvalue weighted by atomic mass is 16.5. The lowest BCUT2D eigenvalue weighted by Gasteiger charge is -2.13. The summed E-state index contributed by atoms with van der Waals surface area (Å²) in [5, 5.41) is 3.02. The normalized spacial score (nSPS) is 12.5. The van der Waals surface area contributed by atoms with Crippen LogP contribution in [0.2, 0.25) is 0 Å². The van der Waals surface area contributed by atoms with Crippen molar-refractivity contribution in [1.29, 1.82) is 0 Å². The average molecular weight is 357 g/mol. The molecule has 3 aromatic carbocycles. The Labute approximate surface area is 160 Å². The van der Waals surface area contributed by atoms with E-state index < -0.39 is 0 Å². The van der Waals surface area contributed by atoms with E-state index in [9.17, 15) is 4.79 Å². The Balaban J connectivity index is 1.49. The molecule has 0 heterocycles. The van der Waals surface area contributed by atoms with Gasteiger partial charge in [0, 0.05) is 5.69 Å². The van der Waals surface area contributed by atoms with Gasteiger partial charge in [-0.05, 0) is 67.1 Å². The Bertz CT molecular complexity index is 978. The SMILES string of the molecule is Cc1cccc(COc2ccccc2C(=O)Nc2ccc3c(c2)CCC3)c1. The third-order valence-electron chi connectivity index (χ3n) is 4.96. The highest BCUT2D eigenvalue weighted by Gasteiger charge is 2.15. The lowest BCUT2D eigenvalue weighted by molar-refractivity contribution is 0.102. The summed E-state index contributed by atoms with van der Waals surface area (Å²) < 4.78 is 5.95. The molecule has 3 heteroatoms. The van der Waals surface area contributed by atoms with Gasteiger partial charge in [-0.15, -0.1) is 0 Å². The Kier molecular flexibility index (Phi) is 4.93. The fourth-order valence-corrected chi connectivity index (χ4v) is 3.59. The summed E-state index contributed by atoms with van der Waals surface area (Å²) in [4.78, 5) is 12.8. The highest BCUT2D eigenvalue weighted by molar-refractivity contribution is 6.06. The van der Waals surface area contributed by atoms with Gasteiger partial charge in [0.05, 0.1) is 5.56 Å². The summed E-state index contributed by atoms with van der Waals surface area (Å²) in [6.45, 7) is 2.49. The zero-order chi connectivity index (χ0) is 18.6. The van der Waals surface area contributed by atoms with Crippen LogP contribution >= 0.6 is 0 Å². The first-order chi connectivity index (χ1) is 13.2. The fourth-order valence-electron chi connectivity index (χ4n) is 3.59. The van der Waals surface area contributed by atoms with Crippen LogP contribution in [-0.2, 0) is 19.4 Å². The minimum absolute atomic E-state index is 0.146. The Morgan fingerprint density at radius 2 is 1.81 bits per heavy atom. The minimum atomic E-state index is -0.146. The van der Waals surface area contributed by atoms with Crippen LogP contribution in [0.1, 0.15) is 39.0 Å². The van der Waals surface area contributed by atoms with Gasteiger partial charge in [-0.2, -0.15) is 0 Å². The van der Waals surface area contributed by atoms with Crippen molar-refractivity contribution in [2.45, 2.75) is 32.8 Å². The molecule has 3 aromatic rings. The number of ether oxygens (including phenoxy) is 1. The number of hydrogen-bond acceptors (Lipinski definition) is 2. The molecule has 1 N–H and O–H groups in total. The van der Waals surface area contributed by atoms with Gasteiger partial charge in [0.1, 0.15) is 12.4 Å². The van der Waals surface area contributed by atoms with Gasteiger partial charge in [-0.1, -0.05) is 48.0 Å². The third-order valence-corrected chi connectivity index (χ3v) is 4.96. The molecule has 136 valence electrons. The molecule has 0 saturated carbocycles. The fraction of sp³-hybridized carbons (Fsp3) is 0.208. The lowest BCUT2D eigenvalue weighted by Crippen LogP contribution is -2.14. The average Bonchev–Trinajstić information content (AvgIpc) is 3.14. The van der Waals surface area contributed by atoms with E-state index in [1.807, 2.05) is 36.4 Å². The standard InChI is InChI=1S/C24H23NO2/c1-17-6-4-7-18(14-17)16-27-23-11-3-2-10-22(23)24(26)25-21-13-12-19-8-5-9-20(19)15-21/h2-4,6-7,10-15H,5,8-9,16H2,1H3,(H,25,26). The molecule has 3 nitrogen and oxygen atoms in total. The second-order valence-electron chi connectivity index (χ2n) is 7.07. The van der Waals surface area contributed by atoms with E-state index in [0.29, 0.717) is 17.9 Å². The molecule has 0 saturated heterocycles. The molecule has 0 radical (unpaired) electrons. The molecule has 0 unspecified atom stereocenters. The maximum Gasteiger partial charge on any atom is 0.259 e. The first kappa shape index (κ1) is 17.3. The van der Waals surface area contributed by atoms with Crippen molar-refractivity contribution in [3.8, 4) is 5.75 Å². The van der Waals surface area contributed by atoms with E-state index >= 15 is 0 Å². The van der Waals surface area contributed by atoms with Crippen LogP contribution in [0.4, 0.5) is 5.69 Å². The molecule has 1 aliphatic carbocycles. The molecular weight excluding hydrogens is 334 g/mol. The number of carbonyl (C=O) groups excluding carboxylic acids is 1. The first-order valence-corrected chi connectivity index (χ1v) is 9.39. The zero-order valence-corrected chi connectivity index (χ0v) is 15.5. The van der Waals surface area contributed by atoms with Crippen molar-refractivity contribution in [2.75, 3.05) is 5.32 Å². The summed E-state index contributed by atoms with van der Waals surface area (Å²) in [5.41, 5.74) is 6.41. The van der Waals surface area contributed by atoms with Crippen LogP contribution < -0.4 is 10.1 Å². The van der Waals surface area contributed by atoms with Crippen LogP contribution in [0, 0.1) is 6.92 Å². The molecule has 0 atom stereocenters. The summed E-state index contributed by atoms with van der Waals surface area (Å²) >= 11 is 0. The third kappa shape index (κ3) is 4.03. The largest absolute Gasteiger partial charge is 0.488 e. The Morgan fingerprint density at radius 3 is 2.70 bits per heavy atom. The molecule has 0 bridgehead atoms. The summed E-state index contributed by atoms with van der Waals surface area (Å²) in [5.74, 6) is 0.449. The Hall–Kier alpha value is -3.07. The molecule has 4 rings (SSSR count). The van der Waals surface area contributed by atoms with E-state index in [1.165, 1.54) is 23.1 Å². The number of aryl methyl sites for hydroxylation is 3. The van der Waals surface area contributed by atoms with Gasteiger partial charge in [0.15, 0.2) is 0 Å². The molecular formula is C24H23NO2. The number of carbonyl (C=O) groups is 1. The summed E-state index contributed by atoms with van der Waals surface area (Å²) in [6, 6.07) is 21.8. The van der Waals surface area contributed by atoms with Crippen LogP contribution in [0.3, 0.4) is 0 Å². The number of para-hydroxylation sites is 1. The lowest BCUT2D eigenvalue weighted by atomic mass is 10.1. The Morgan fingerprint density at radius 1 is 0.963 bits per heavy atom. The molecule has 0 aliphatic heterocycles. The number of nitrogens with one attached hydrogen (secondary N) is 1. The predicted octanol–water partition coefficient (Wildman–Crippen LogP) is 5.32. The van der Waals surface area contributed by atoms with Crippen molar-refractivity contribution >= 4 is 11.6 Å². The number of fused-ring (bicyclic) bond motifs is 1. The van der Waals surface area contributed by atoms with Gasteiger partial charge in [-0.25, -0.2) is 0 Å². The second-order valence-corrected chi connectivity index (χ2v) is 7.07. The van der Waals surface area contributed by atoms with E-state index in [2.05, 4.69) is 36.5 Å². The van der Waals surface area contributed by atoms with E-state index in [0.717, 1.165) is 24.1 Å². The summed E-state index contributed by atoms with van der Waals surface area (Å²) in [7, 11) is 0. The smallest absolute Gasteiger partial charge is 0.259 e. The second kappa shape index (κ2) is 7.67. The van der Waals surface area contributed by atoms with Crippen molar-refractivity contribution in [3.63, 3.8) is 0 Å². The zero-order valence-electron chi connectivity index (χ0n) is 15.5. The molecule has 0 aromatic heterocycles. The van der Waals surface area contributed by atoms with Crippen molar-refractivity contribution in [2.24, 2.45) is 0 Å². The minimum Gasteiger partial charge on any atom is -0.488 e. The number of amides is 1. The van der Waals surface area contributed by atoms with E-state index in [1.54, 1.807) is 6.07 Å². The maximum atomic E-state index is 12.8. The van der Waals surface area contributed by atoms with Crippen LogP contribution in [0.15, 0.2) is 66.7 Å². The topological polar surface area (TPSA) is 38.3 Å². The van der Waals surface area contributed by atoms with Gasteiger partial charge < -0.3 is 10.1 Å². The number of anilines is 1. The number of benzene rings is 3. The monoisotopic (exact) mass is 357 g/mol. The van der Waals surface area contributed by atoms with Crippen molar-refractivity contribution < 1.29 is 9.53 Å². The quantitative estimate of drug-likeness (QED) is 0.671. The van der Waals surface area contributed by atoms with Crippen molar-refractivity contribution in [1.82, 2.24) is 0 Å². The van der Waals surface area contributed by atoms with Crippen molar-refractivity contribution in [3.05, 3.63) is 94.5 Å². The van der Waals surface area contributed by atoms with Gasteiger partial charge in [-0.3, -0.25) is 4.79 Å². The molecule has 0 spiro atoms. The predicted molar refractivity (Wildman–Crippen MR) is 108 cm³/mol.